The molecule has 0 aliphatic rings. The van der Waals surface area contributed by atoms with Crippen molar-refractivity contribution in [3.8, 4) is 5.75 Å². The van der Waals surface area contributed by atoms with Crippen molar-refractivity contribution in [2.24, 2.45) is 0 Å². The maximum Gasteiger partial charge on any atom is 0.258 e. The molecule has 1 N–H and O–H groups in total. The molecule has 1 amide bonds. The van der Waals surface area contributed by atoms with Crippen LogP contribution in [0.25, 0.3) is 0 Å². The van der Waals surface area contributed by atoms with Crippen molar-refractivity contribution < 1.29 is 13.9 Å². The predicted octanol–water partition coefficient (Wildman–Crippen LogP) is 3.38. The Hall–Kier alpha value is -2.01. The third kappa shape index (κ3) is 3.26. The van der Waals surface area contributed by atoms with Crippen LogP contribution in [0, 0.1) is 5.82 Å². The number of nitrogens with one attached hydrogen (secondary N) is 1. The van der Waals surface area contributed by atoms with Gasteiger partial charge in [0.2, 0.25) is 0 Å². The summed E-state index contributed by atoms with van der Waals surface area (Å²) in [5, 5.41) is 2.61. The van der Waals surface area contributed by atoms with E-state index < -0.39 is 11.7 Å². The zero-order valence-electron chi connectivity index (χ0n) is 10.2. The van der Waals surface area contributed by atoms with Gasteiger partial charge in [-0.15, -0.1) is 12.6 Å². The first-order valence-electron chi connectivity index (χ1n) is 5.54. The molecular weight excluding hydrogens is 265 g/mol. The van der Waals surface area contributed by atoms with Gasteiger partial charge in [0.15, 0.2) is 0 Å². The van der Waals surface area contributed by atoms with E-state index >= 15 is 0 Å². The first-order valence-corrected chi connectivity index (χ1v) is 5.99. The van der Waals surface area contributed by atoms with E-state index in [1.807, 2.05) is 0 Å². The number of thiol groups is 1. The Morgan fingerprint density at radius 3 is 2.79 bits per heavy atom. The van der Waals surface area contributed by atoms with Gasteiger partial charge < -0.3 is 10.1 Å². The molecule has 0 radical (unpaired) electrons. The van der Waals surface area contributed by atoms with E-state index in [1.54, 1.807) is 24.3 Å². The van der Waals surface area contributed by atoms with Crippen molar-refractivity contribution in [3.63, 3.8) is 0 Å². The Bertz CT molecular complexity index is 616. The third-order valence-corrected chi connectivity index (χ3v) is 2.80. The first kappa shape index (κ1) is 13.4. The second kappa shape index (κ2) is 5.75. The highest BCUT2D eigenvalue weighted by Gasteiger charge is 2.12. The third-order valence-electron chi connectivity index (χ3n) is 2.52. The first-order chi connectivity index (χ1) is 9.10. The molecule has 2 aromatic rings. The van der Waals surface area contributed by atoms with E-state index in [4.69, 9.17) is 4.74 Å². The number of carbonyl (C=O) groups is 1. The Balaban J connectivity index is 2.23. The topological polar surface area (TPSA) is 38.3 Å². The van der Waals surface area contributed by atoms with Crippen molar-refractivity contribution in [1.82, 2.24) is 0 Å². The van der Waals surface area contributed by atoms with Gasteiger partial charge >= 0.3 is 0 Å². The lowest BCUT2D eigenvalue weighted by Crippen LogP contribution is -2.13. The minimum absolute atomic E-state index is 0.0460. The molecule has 0 bridgehead atoms. The highest BCUT2D eigenvalue weighted by Crippen LogP contribution is 2.19. The van der Waals surface area contributed by atoms with Gasteiger partial charge in [0.05, 0.1) is 12.7 Å². The number of hydrogen-bond donors (Lipinski definition) is 2. The summed E-state index contributed by atoms with van der Waals surface area (Å²) in [5.41, 5.74) is 0.489. The van der Waals surface area contributed by atoms with E-state index in [0.29, 0.717) is 16.3 Å². The predicted molar refractivity (Wildman–Crippen MR) is 74.6 cm³/mol. The summed E-state index contributed by atoms with van der Waals surface area (Å²) in [5.74, 6) is -0.499. The highest BCUT2D eigenvalue weighted by atomic mass is 32.1. The SMILES string of the molecule is COc1cccc(NC(=O)c2cc(S)ccc2F)c1. The molecule has 2 rings (SSSR count). The summed E-state index contributed by atoms with van der Waals surface area (Å²) in [7, 11) is 1.53. The van der Waals surface area contributed by atoms with Gasteiger partial charge in [-0.3, -0.25) is 4.79 Å². The fourth-order valence-corrected chi connectivity index (χ4v) is 1.79. The zero-order chi connectivity index (χ0) is 13.8. The van der Waals surface area contributed by atoms with Crippen LogP contribution in [-0.4, -0.2) is 13.0 Å². The molecule has 0 saturated carbocycles. The van der Waals surface area contributed by atoms with Gasteiger partial charge in [0, 0.05) is 16.6 Å². The molecular formula is C14H12FNO2S. The molecule has 0 fully saturated rings. The summed E-state index contributed by atoms with van der Waals surface area (Å²) < 4.78 is 18.6. The summed E-state index contributed by atoms with van der Waals surface area (Å²) in [6, 6.07) is 10.9. The lowest BCUT2D eigenvalue weighted by Gasteiger charge is -2.08. The number of rotatable bonds is 3. The monoisotopic (exact) mass is 277 g/mol. The molecule has 5 heteroatoms. The Labute approximate surface area is 115 Å². The fourth-order valence-electron chi connectivity index (χ4n) is 1.59. The van der Waals surface area contributed by atoms with Crippen molar-refractivity contribution in [2.45, 2.75) is 4.90 Å². The van der Waals surface area contributed by atoms with E-state index in [1.165, 1.54) is 25.3 Å². The van der Waals surface area contributed by atoms with Crippen molar-refractivity contribution >= 4 is 24.2 Å². The average Bonchev–Trinajstić information content (AvgIpc) is 2.41. The zero-order valence-corrected chi connectivity index (χ0v) is 11.1. The van der Waals surface area contributed by atoms with Crippen molar-refractivity contribution in [3.05, 3.63) is 53.8 Å². The van der Waals surface area contributed by atoms with Crippen LogP contribution in [0.5, 0.6) is 5.75 Å². The maximum atomic E-state index is 13.5. The van der Waals surface area contributed by atoms with Crippen LogP contribution in [0.1, 0.15) is 10.4 Å². The maximum absolute atomic E-state index is 13.5. The van der Waals surface area contributed by atoms with Crippen molar-refractivity contribution in [1.29, 1.82) is 0 Å². The molecule has 0 unspecified atom stereocenters. The molecule has 19 heavy (non-hydrogen) atoms. The average molecular weight is 277 g/mol. The number of benzene rings is 2. The number of carbonyl (C=O) groups excluding carboxylic acids is 1. The molecule has 2 aromatic carbocycles. The molecule has 0 spiro atoms. The standard InChI is InChI=1S/C14H12FNO2S/c1-18-10-4-2-3-9(7-10)16-14(17)12-8-11(19)5-6-13(12)15/h2-8,19H,1H3,(H,16,17). The van der Waals surface area contributed by atoms with E-state index in [9.17, 15) is 9.18 Å². The van der Waals surface area contributed by atoms with E-state index in [-0.39, 0.29) is 5.56 Å². The van der Waals surface area contributed by atoms with Gasteiger partial charge in [-0.1, -0.05) is 6.07 Å². The van der Waals surface area contributed by atoms with Crippen LogP contribution in [0.3, 0.4) is 0 Å². The van der Waals surface area contributed by atoms with Crippen LogP contribution in [0.15, 0.2) is 47.4 Å². The number of amides is 1. The quantitative estimate of drug-likeness (QED) is 0.844. The molecule has 0 heterocycles. The summed E-state index contributed by atoms with van der Waals surface area (Å²) in [6.45, 7) is 0. The molecule has 0 aliphatic carbocycles. The van der Waals surface area contributed by atoms with Gasteiger partial charge in [-0.05, 0) is 30.3 Å². The number of halogens is 1. The van der Waals surface area contributed by atoms with Crippen LogP contribution in [0.4, 0.5) is 10.1 Å². The lowest BCUT2D eigenvalue weighted by molar-refractivity contribution is 0.102. The number of methoxy groups -OCH3 is 1. The van der Waals surface area contributed by atoms with Crippen LogP contribution < -0.4 is 10.1 Å². The van der Waals surface area contributed by atoms with Crippen LogP contribution >= 0.6 is 12.6 Å². The van der Waals surface area contributed by atoms with E-state index in [2.05, 4.69) is 17.9 Å². The van der Waals surface area contributed by atoms with Gasteiger partial charge in [-0.2, -0.15) is 0 Å². The molecule has 98 valence electrons. The largest absolute Gasteiger partial charge is 0.497 e. The molecule has 0 atom stereocenters. The number of anilines is 1. The smallest absolute Gasteiger partial charge is 0.258 e. The normalized spacial score (nSPS) is 10.1. The van der Waals surface area contributed by atoms with Crippen LogP contribution in [0.2, 0.25) is 0 Å². The molecule has 0 aromatic heterocycles. The summed E-state index contributed by atoms with van der Waals surface area (Å²) in [4.78, 5) is 12.5. The van der Waals surface area contributed by atoms with Crippen LogP contribution in [-0.2, 0) is 0 Å². The van der Waals surface area contributed by atoms with Gasteiger partial charge in [0.1, 0.15) is 11.6 Å². The number of ether oxygens (including phenoxy) is 1. The summed E-state index contributed by atoms with van der Waals surface area (Å²) in [6.07, 6.45) is 0. The second-order valence-electron chi connectivity index (χ2n) is 3.85. The highest BCUT2D eigenvalue weighted by molar-refractivity contribution is 7.80. The Morgan fingerprint density at radius 1 is 1.26 bits per heavy atom. The van der Waals surface area contributed by atoms with Gasteiger partial charge in [-0.25, -0.2) is 4.39 Å². The summed E-state index contributed by atoms with van der Waals surface area (Å²) >= 11 is 4.09. The second-order valence-corrected chi connectivity index (χ2v) is 4.37. The van der Waals surface area contributed by atoms with E-state index in [0.717, 1.165) is 0 Å². The van der Waals surface area contributed by atoms with Crippen molar-refractivity contribution in [2.75, 3.05) is 12.4 Å². The molecule has 3 nitrogen and oxygen atoms in total. The number of hydrogen-bond acceptors (Lipinski definition) is 3. The fraction of sp³-hybridized carbons (Fsp3) is 0.0714. The molecule has 0 saturated heterocycles. The minimum atomic E-state index is -0.585. The lowest BCUT2D eigenvalue weighted by atomic mass is 10.2. The minimum Gasteiger partial charge on any atom is -0.497 e. The Morgan fingerprint density at radius 2 is 2.05 bits per heavy atom. The Kier molecular flexibility index (Phi) is 4.06. The van der Waals surface area contributed by atoms with Gasteiger partial charge in [0.25, 0.3) is 5.91 Å². The molecule has 0 aliphatic heterocycles.